The van der Waals surface area contributed by atoms with Gasteiger partial charge >= 0.3 is 0 Å². The van der Waals surface area contributed by atoms with E-state index in [9.17, 15) is 19.5 Å². The number of benzene rings is 1. The lowest BCUT2D eigenvalue weighted by molar-refractivity contribution is -0.135. The molecule has 4 rings (SSSR count). The first kappa shape index (κ1) is 27.9. The molecule has 0 unspecified atom stereocenters. The number of nitrogens with one attached hydrogen (secondary N) is 2. The number of aliphatic hydroxyl groups excluding tert-OH is 1. The van der Waals surface area contributed by atoms with E-state index in [1.807, 2.05) is 12.3 Å². The van der Waals surface area contributed by atoms with Crippen molar-refractivity contribution in [1.82, 2.24) is 25.0 Å². The number of hydrogen-bond acceptors (Lipinski definition) is 5. The number of hydrogen-bond donors (Lipinski definition) is 4. The predicted octanol–water partition coefficient (Wildman–Crippen LogP) is 3.16. The van der Waals surface area contributed by atoms with Crippen LogP contribution in [-0.4, -0.2) is 62.2 Å². The molecule has 10 nitrogen and oxygen atoms in total. The van der Waals surface area contributed by atoms with Gasteiger partial charge in [-0.1, -0.05) is 36.0 Å². The molecule has 1 aliphatic rings. The zero-order valence-electron chi connectivity index (χ0n) is 21.1. The third-order valence-electron chi connectivity index (χ3n) is 6.79. The summed E-state index contributed by atoms with van der Waals surface area (Å²) >= 11 is 13.0. The van der Waals surface area contributed by atoms with Crippen molar-refractivity contribution in [1.29, 1.82) is 0 Å². The van der Waals surface area contributed by atoms with Gasteiger partial charge in [-0.2, -0.15) is 5.10 Å². The Labute approximate surface area is 230 Å². The number of nitrogens with two attached hydrogens (primary N) is 1. The summed E-state index contributed by atoms with van der Waals surface area (Å²) < 4.78 is 1.76. The predicted molar refractivity (Wildman–Crippen MR) is 146 cm³/mol. The summed E-state index contributed by atoms with van der Waals surface area (Å²) in [6.45, 7) is 1.27. The van der Waals surface area contributed by atoms with Gasteiger partial charge in [-0.05, 0) is 25.0 Å². The van der Waals surface area contributed by atoms with Crippen molar-refractivity contribution in [3.05, 3.63) is 39.6 Å². The molecule has 3 heterocycles. The van der Waals surface area contributed by atoms with Crippen molar-refractivity contribution < 1.29 is 19.5 Å². The number of aliphatic hydroxyl groups is 1. The highest BCUT2D eigenvalue weighted by Gasteiger charge is 2.27. The number of rotatable bonds is 12. The van der Waals surface area contributed by atoms with Crippen LogP contribution >= 0.6 is 23.2 Å². The zero-order valence-corrected chi connectivity index (χ0v) is 22.6. The molecule has 12 heteroatoms. The Hall–Kier alpha value is -3.08. The number of unbranched alkanes of at least 4 members (excludes halogenated alkanes) is 3. The van der Waals surface area contributed by atoms with Gasteiger partial charge in [0.2, 0.25) is 17.7 Å². The fourth-order valence-corrected chi connectivity index (χ4v) is 5.22. The lowest BCUT2D eigenvalue weighted by atomic mass is 9.99. The van der Waals surface area contributed by atoms with Gasteiger partial charge in [-0.3, -0.25) is 19.1 Å². The quantitative estimate of drug-likeness (QED) is 0.250. The first-order valence-electron chi connectivity index (χ1n) is 12.8. The second-order valence-electron chi connectivity index (χ2n) is 9.47. The molecule has 204 valence electrons. The number of aromatic nitrogens is 3. The highest BCUT2D eigenvalue weighted by Crippen LogP contribution is 2.41. The second-order valence-corrected chi connectivity index (χ2v) is 10.3. The number of carbonyl (C=O) groups is 3. The Kier molecular flexibility index (Phi) is 9.30. The Morgan fingerprint density at radius 1 is 1.16 bits per heavy atom. The van der Waals surface area contributed by atoms with Crippen molar-refractivity contribution in [2.24, 2.45) is 5.73 Å². The average molecular weight is 563 g/mol. The van der Waals surface area contributed by atoms with Gasteiger partial charge in [0.05, 0.1) is 27.8 Å². The maximum absolute atomic E-state index is 12.1. The minimum atomic E-state index is -0.533. The van der Waals surface area contributed by atoms with E-state index < -0.39 is 6.61 Å². The molecule has 0 fully saturated rings. The number of primary amides is 1. The monoisotopic (exact) mass is 562 g/mol. The topological polar surface area (TPSA) is 146 Å². The third kappa shape index (κ3) is 6.48. The molecule has 38 heavy (non-hydrogen) atoms. The van der Waals surface area contributed by atoms with Gasteiger partial charge in [-0.25, -0.2) is 0 Å². The lowest BCUT2D eigenvalue weighted by Gasteiger charge is -2.26. The first-order valence-corrected chi connectivity index (χ1v) is 13.5. The standard InChI is InChI=1S/C26H32Cl2N6O4/c27-18-13-16(24-17-14-33(23(38)15-35)10-7-19(17)31-26(24)25(18)28)20-8-11-34(32-20)12-9-30-22(37)6-4-2-1-3-5-21(29)36/h8,11,13,31,35H,1-7,9-10,12,14-15H2,(H2,29,36)(H,30,37). The summed E-state index contributed by atoms with van der Waals surface area (Å²) in [5, 5.41) is 18.6. The minimum Gasteiger partial charge on any atom is -0.387 e. The van der Waals surface area contributed by atoms with Crippen LogP contribution in [0.1, 0.15) is 49.8 Å². The molecule has 0 saturated carbocycles. The largest absolute Gasteiger partial charge is 0.387 e. The van der Waals surface area contributed by atoms with Gasteiger partial charge in [-0.15, -0.1) is 0 Å². The van der Waals surface area contributed by atoms with Crippen LogP contribution in [0.25, 0.3) is 22.2 Å². The van der Waals surface area contributed by atoms with E-state index in [0.29, 0.717) is 66.7 Å². The number of nitrogens with zero attached hydrogens (tertiary/aromatic N) is 3. The third-order valence-corrected chi connectivity index (χ3v) is 7.57. The van der Waals surface area contributed by atoms with Crippen molar-refractivity contribution >= 4 is 51.8 Å². The van der Waals surface area contributed by atoms with Crippen LogP contribution in [0.4, 0.5) is 0 Å². The number of amides is 3. The van der Waals surface area contributed by atoms with Crippen LogP contribution in [0.2, 0.25) is 10.0 Å². The van der Waals surface area contributed by atoms with Crippen LogP contribution in [0.3, 0.4) is 0 Å². The average Bonchev–Trinajstić information content (AvgIpc) is 3.52. The molecule has 1 aliphatic heterocycles. The SMILES string of the molecule is NC(=O)CCCCCCC(=O)NCCn1ccc(-c2cc(Cl)c(Cl)c3[nH]c4c(c23)CN(C(=O)CO)CC4)n1. The number of aromatic amines is 1. The van der Waals surface area contributed by atoms with Gasteiger partial charge in [0, 0.05) is 67.3 Å². The smallest absolute Gasteiger partial charge is 0.248 e. The van der Waals surface area contributed by atoms with Gasteiger partial charge in [0.15, 0.2) is 0 Å². The van der Waals surface area contributed by atoms with E-state index in [-0.39, 0.29) is 17.7 Å². The second kappa shape index (κ2) is 12.6. The minimum absolute atomic E-state index is 0.0144. The molecule has 3 amide bonds. The fraction of sp³-hybridized carbons (Fsp3) is 0.462. The lowest BCUT2D eigenvalue weighted by Crippen LogP contribution is -2.37. The van der Waals surface area contributed by atoms with Gasteiger partial charge in [0.1, 0.15) is 6.61 Å². The Balaban J connectivity index is 1.41. The Morgan fingerprint density at radius 2 is 1.92 bits per heavy atom. The van der Waals surface area contributed by atoms with Crippen LogP contribution in [0.5, 0.6) is 0 Å². The first-order chi connectivity index (χ1) is 18.3. The highest BCUT2D eigenvalue weighted by atomic mass is 35.5. The molecular weight excluding hydrogens is 531 g/mol. The van der Waals surface area contributed by atoms with E-state index in [4.69, 9.17) is 34.0 Å². The fourth-order valence-electron chi connectivity index (χ4n) is 4.82. The molecule has 0 bridgehead atoms. The summed E-state index contributed by atoms with van der Waals surface area (Å²) in [6.07, 6.45) is 6.59. The van der Waals surface area contributed by atoms with Crippen LogP contribution in [0, 0.1) is 0 Å². The highest BCUT2D eigenvalue weighted by molar-refractivity contribution is 6.45. The molecule has 1 aromatic carbocycles. The summed E-state index contributed by atoms with van der Waals surface area (Å²) in [6, 6.07) is 3.66. The molecular formula is C26H32Cl2N6O4. The van der Waals surface area contributed by atoms with E-state index in [1.165, 1.54) is 0 Å². The van der Waals surface area contributed by atoms with Crippen LogP contribution < -0.4 is 11.1 Å². The molecule has 0 radical (unpaired) electrons. The molecule has 2 aromatic heterocycles. The zero-order chi connectivity index (χ0) is 27.2. The maximum Gasteiger partial charge on any atom is 0.248 e. The van der Waals surface area contributed by atoms with E-state index >= 15 is 0 Å². The Bertz CT molecular complexity index is 1330. The molecule has 5 N–H and O–H groups in total. The summed E-state index contributed by atoms with van der Waals surface area (Å²) in [7, 11) is 0. The molecule has 0 saturated heterocycles. The molecule has 0 spiro atoms. The Morgan fingerprint density at radius 3 is 2.66 bits per heavy atom. The van der Waals surface area contributed by atoms with E-state index in [1.54, 1.807) is 15.6 Å². The van der Waals surface area contributed by atoms with Crippen molar-refractivity contribution in [2.45, 2.75) is 58.0 Å². The molecule has 0 aliphatic carbocycles. The maximum atomic E-state index is 12.1. The van der Waals surface area contributed by atoms with Gasteiger partial charge < -0.3 is 26.0 Å². The van der Waals surface area contributed by atoms with Crippen LogP contribution in [0.15, 0.2) is 18.3 Å². The van der Waals surface area contributed by atoms with Crippen LogP contribution in [-0.2, 0) is 33.9 Å². The summed E-state index contributed by atoms with van der Waals surface area (Å²) in [5.74, 6) is -0.623. The number of halogens is 2. The van der Waals surface area contributed by atoms with Gasteiger partial charge in [0.25, 0.3) is 0 Å². The summed E-state index contributed by atoms with van der Waals surface area (Å²) in [4.78, 5) is 40.0. The van der Waals surface area contributed by atoms with Crippen molar-refractivity contribution in [3.63, 3.8) is 0 Å². The molecule has 3 aromatic rings. The van der Waals surface area contributed by atoms with Crippen molar-refractivity contribution in [2.75, 3.05) is 19.7 Å². The summed E-state index contributed by atoms with van der Waals surface area (Å²) in [5.41, 5.74) is 9.26. The van der Waals surface area contributed by atoms with Crippen molar-refractivity contribution in [3.8, 4) is 11.3 Å². The molecule has 0 atom stereocenters. The normalized spacial score (nSPS) is 13.1. The number of carbonyl (C=O) groups excluding carboxylic acids is 3. The van der Waals surface area contributed by atoms with E-state index in [0.717, 1.165) is 47.9 Å². The number of fused-ring (bicyclic) bond motifs is 3. The van der Waals surface area contributed by atoms with E-state index in [2.05, 4.69) is 10.3 Å². The number of H-pyrrole nitrogens is 1.